The quantitative estimate of drug-likeness (QED) is 0.423. The van der Waals surface area contributed by atoms with E-state index < -0.39 is 0 Å². The van der Waals surface area contributed by atoms with Crippen molar-refractivity contribution in [3.63, 3.8) is 0 Å². The van der Waals surface area contributed by atoms with Gasteiger partial charge in [-0.1, -0.05) is 20.8 Å². The molecule has 2 aliphatic heterocycles. The van der Waals surface area contributed by atoms with Crippen LogP contribution in [0.1, 0.15) is 123 Å². The Labute approximate surface area is 209 Å². The maximum Gasteiger partial charge on any atom is 0.225 e. The third kappa shape index (κ3) is 8.44. The van der Waals surface area contributed by atoms with Gasteiger partial charge in [0, 0.05) is 45.2 Å². The third-order valence-corrected chi connectivity index (χ3v) is 6.93. The zero-order valence-electron chi connectivity index (χ0n) is 24.7. The Bertz CT molecular complexity index is 666. The third-order valence-electron chi connectivity index (χ3n) is 6.93. The summed E-state index contributed by atoms with van der Waals surface area (Å²) in [6, 6.07) is 0.582. The smallest absolute Gasteiger partial charge is 0.225 e. The molecule has 2 rings (SSSR count). The molecule has 202 valence electrons. The van der Waals surface area contributed by atoms with Crippen molar-refractivity contribution in [2.75, 3.05) is 0 Å². The van der Waals surface area contributed by atoms with E-state index in [-0.39, 0.29) is 45.1 Å². The van der Waals surface area contributed by atoms with Gasteiger partial charge < -0.3 is 21.0 Å². The molecule has 0 saturated carbocycles. The Hall–Kier alpha value is -0.730. The van der Waals surface area contributed by atoms with Gasteiger partial charge in [-0.25, -0.2) is 0 Å². The maximum atomic E-state index is 12.0. The number of hydroxylamine groups is 4. The van der Waals surface area contributed by atoms with Crippen molar-refractivity contribution >= 4 is 5.91 Å². The largest absolute Gasteiger partial charge is 0.353 e. The topological polar surface area (TPSA) is 88.1 Å². The van der Waals surface area contributed by atoms with Crippen molar-refractivity contribution in [3.8, 4) is 0 Å². The number of piperidine rings is 2. The molecule has 0 spiro atoms. The van der Waals surface area contributed by atoms with Crippen LogP contribution in [-0.2, 0) is 4.79 Å². The van der Waals surface area contributed by atoms with Gasteiger partial charge in [-0.2, -0.15) is 10.1 Å². The van der Waals surface area contributed by atoms with Crippen LogP contribution in [0.25, 0.3) is 0 Å². The van der Waals surface area contributed by atoms with Gasteiger partial charge in [-0.15, -0.1) is 0 Å². The van der Waals surface area contributed by atoms with Crippen molar-refractivity contribution in [1.82, 2.24) is 20.8 Å². The first-order chi connectivity index (χ1) is 14.8. The summed E-state index contributed by atoms with van der Waals surface area (Å²) >= 11 is 0. The van der Waals surface area contributed by atoms with Crippen LogP contribution in [0, 0.1) is 5.41 Å². The van der Waals surface area contributed by atoms with Crippen molar-refractivity contribution < 1.29 is 15.2 Å². The van der Waals surface area contributed by atoms with E-state index in [1.807, 2.05) is 48.5 Å². The second-order valence-corrected chi connectivity index (χ2v) is 15.2. The van der Waals surface area contributed by atoms with Crippen LogP contribution < -0.4 is 10.6 Å². The van der Waals surface area contributed by atoms with Gasteiger partial charge in [0.05, 0.1) is 0 Å². The van der Waals surface area contributed by atoms with Gasteiger partial charge in [0.1, 0.15) is 0 Å². The van der Waals surface area contributed by atoms with Crippen LogP contribution in [0.5, 0.6) is 0 Å². The SMILES string of the molecule is CC(C)(C)C(=O)NC1CC(C)(C)N(O)C(C)(C)C1.CC(C)(C)NC1CC(C)(C)N(O)C(C)(C)C1. The lowest BCUT2D eigenvalue weighted by atomic mass is 9.78. The normalized spacial score (nSPS) is 25.9. The number of nitrogens with zero attached hydrogens (tertiary/aromatic N) is 2. The number of hydrogen-bond acceptors (Lipinski definition) is 6. The molecule has 0 aromatic rings. The number of carbonyl (C=O) groups excluding carboxylic acids is 1. The standard InChI is InChI=1S/C14H28N2O2.C13H28N2O/c1-12(2,3)11(17)15-10-8-13(4,5)16(18)14(6,7)9-10;1-11(2,3)14-10-8-12(4,5)15(16)13(6,7)9-10/h10,18H,8-9H2,1-7H3,(H,15,17);10,14,16H,8-9H2,1-7H3. The molecule has 0 aromatic carbocycles. The molecule has 0 aromatic heterocycles. The highest BCUT2D eigenvalue weighted by Gasteiger charge is 2.46. The molecule has 2 aliphatic rings. The van der Waals surface area contributed by atoms with E-state index in [4.69, 9.17) is 0 Å². The van der Waals surface area contributed by atoms with E-state index in [2.05, 4.69) is 59.1 Å². The van der Waals surface area contributed by atoms with Crippen LogP contribution in [0.2, 0.25) is 0 Å². The Morgan fingerprint density at radius 3 is 1.24 bits per heavy atom. The average Bonchev–Trinajstić information content (AvgIpc) is 2.54. The van der Waals surface area contributed by atoms with Gasteiger partial charge in [0.25, 0.3) is 0 Å². The van der Waals surface area contributed by atoms with Gasteiger partial charge in [0.2, 0.25) is 5.91 Å². The summed E-state index contributed by atoms with van der Waals surface area (Å²) in [7, 11) is 0. The minimum atomic E-state index is -0.370. The summed E-state index contributed by atoms with van der Waals surface area (Å²) in [5.74, 6) is 0.0745. The van der Waals surface area contributed by atoms with Crippen LogP contribution in [0.15, 0.2) is 0 Å². The molecule has 2 fully saturated rings. The Balaban J connectivity index is 0.000000342. The molecule has 0 radical (unpaired) electrons. The predicted molar refractivity (Wildman–Crippen MR) is 140 cm³/mol. The van der Waals surface area contributed by atoms with E-state index in [1.54, 1.807) is 0 Å². The zero-order valence-corrected chi connectivity index (χ0v) is 24.7. The van der Waals surface area contributed by atoms with Gasteiger partial charge in [-0.05, 0) is 102 Å². The van der Waals surface area contributed by atoms with E-state index in [1.165, 1.54) is 10.1 Å². The second-order valence-electron chi connectivity index (χ2n) is 15.2. The highest BCUT2D eigenvalue weighted by atomic mass is 16.5. The molecule has 0 atom stereocenters. The monoisotopic (exact) mass is 484 g/mol. The van der Waals surface area contributed by atoms with Crippen molar-refractivity contribution in [2.45, 2.75) is 162 Å². The summed E-state index contributed by atoms with van der Waals surface area (Å²) in [4.78, 5) is 12.0. The summed E-state index contributed by atoms with van der Waals surface area (Å²) in [5.41, 5.74) is -1.20. The van der Waals surface area contributed by atoms with E-state index in [0.717, 1.165) is 25.7 Å². The molecule has 4 N–H and O–H groups in total. The summed E-state index contributed by atoms with van der Waals surface area (Å²) in [6.45, 7) is 28.8. The van der Waals surface area contributed by atoms with E-state index in [9.17, 15) is 15.2 Å². The Morgan fingerprint density at radius 1 is 0.676 bits per heavy atom. The number of carbonyl (C=O) groups is 1. The molecule has 0 unspecified atom stereocenters. The minimum Gasteiger partial charge on any atom is -0.353 e. The first-order valence-corrected chi connectivity index (χ1v) is 12.9. The van der Waals surface area contributed by atoms with Crippen LogP contribution in [-0.4, -0.2) is 66.2 Å². The van der Waals surface area contributed by atoms with Gasteiger partial charge in [0.15, 0.2) is 0 Å². The second kappa shape index (κ2) is 9.97. The fourth-order valence-electron chi connectivity index (χ4n) is 5.76. The summed E-state index contributed by atoms with van der Waals surface area (Å²) in [6.07, 6.45) is 3.47. The van der Waals surface area contributed by atoms with Crippen LogP contribution >= 0.6 is 0 Å². The molecule has 0 bridgehead atoms. The van der Waals surface area contributed by atoms with Crippen molar-refractivity contribution in [2.24, 2.45) is 5.41 Å². The lowest BCUT2D eigenvalue weighted by molar-refractivity contribution is -0.246. The predicted octanol–water partition coefficient (Wildman–Crippen LogP) is 5.34. The lowest BCUT2D eigenvalue weighted by Crippen LogP contribution is -2.64. The maximum absolute atomic E-state index is 12.0. The minimum absolute atomic E-state index is 0.0745. The van der Waals surface area contributed by atoms with Crippen molar-refractivity contribution in [1.29, 1.82) is 0 Å². The zero-order chi connectivity index (χ0) is 27.1. The van der Waals surface area contributed by atoms with Crippen molar-refractivity contribution in [3.05, 3.63) is 0 Å². The molecular weight excluding hydrogens is 428 g/mol. The van der Waals surface area contributed by atoms with Gasteiger partial charge >= 0.3 is 0 Å². The molecule has 2 heterocycles. The fourth-order valence-corrected chi connectivity index (χ4v) is 5.76. The molecule has 7 nitrogen and oxygen atoms in total. The molecule has 7 heteroatoms. The molecular formula is C27H56N4O3. The number of rotatable bonds is 2. The molecule has 2 saturated heterocycles. The van der Waals surface area contributed by atoms with Crippen LogP contribution in [0.3, 0.4) is 0 Å². The first kappa shape index (κ1) is 31.3. The number of nitrogens with one attached hydrogen (secondary N) is 2. The average molecular weight is 485 g/mol. The molecule has 0 aliphatic carbocycles. The Kier molecular flexibility index (Phi) is 9.17. The van der Waals surface area contributed by atoms with Crippen LogP contribution in [0.4, 0.5) is 0 Å². The molecule has 1 amide bonds. The highest BCUT2D eigenvalue weighted by Crippen LogP contribution is 2.38. The molecule has 34 heavy (non-hydrogen) atoms. The van der Waals surface area contributed by atoms with E-state index in [0.29, 0.717) is 6.04 Å². The summed E-state index contributed by atoms with van der Waals surface area (Å²) < 4.78 is 0. The van der Waals surface area contributed by atoms with Gasteiger partial charge in [-0.3, -0.25) is 4.79 Å². The Morgan fingerprint density at radius 2 is 0.971 bits per heavy atom. The lowest BCUT2D eigenvalue weighted by Gasteiger charge is -2.52. The van der Waals surface area contributed by atoms with E-state index >= 15 is 0 Å². The highest BCUT2D eigenvalue weighted by molar-refractivity contribution is 5.81. The number of amides is 1. The first-order valence-electron chi connectivity index (χ1n) is 12.9. The number of hydrogen-bond donors (Lipinski definition) is 4. The summed E-state index contributed by atoms with van der Waals surface area (Å²) in [5, 5.41) is 30.1. The fraction of sp³-hybridized carbons (Fsp3) is 0.963.